The zero-order chi connectivity index (χ0) is 13.5. The Balaban J connectivity index is 2.68. The molecule has 1 atom stereocenters. The number of rotatable bonds is 6. The Morgan fingerprint density at radius 3 is 2.67 bits per heavy atom. The first-order valence-electron chi connectivity index (χ1n) is 6.18. The number of hydrogen-bond acceptors (Lipinski definition) is 5. The molecular formula is C12H21N5O. The van der Waals surface area contributed by atoms with Gasteiger partial charge in [0.15, 0.2) is 0 Å². The van der Waals surface area contributed by atoms with Crippen LogP contribution in [0.15, 0.2) is 12.3 Å². The predicted octanol–water partition coefficient (Wildman–Crippen LogP) is 1.19. The van der Waals surface area contributed by atoms with E-state index in [0.29, 0.717) is 24.9 Å². The van der Waals surface area contributed by atoms with E-state index in [9.17, 15) is 4.79 Å². The molecule has 0 spiro atoms. The Morgan fingerprint density at radius 1 is 1.44 bits per heavy atom. The van der Waals surface area contributed by atoms with Crippen LogP contribution in [0.5, 0.6) is 0 Å². The second-order valence-electron chi connectivity index (χ2n) is 3.89. The van der Waals surface area contributed by atoms with Gasteiger partial charge < -0.3 is 15.5 Å². The van der Waals surface area contributed by atoms with Gasteiger partial charge in [0.2, 0.25) is 11.9 Å². The Kier molecular flexibility index (Phi) is 5.35. The van der Waals surface area contributed by atoms with E-state index in [-0.39, 0.29) is 11.9 Å². The Morgan fingerprint density at radius 2 is 2.11 bits per heavy atom. The number of anilines is 2. The number of carbonyl (C=O) groups is 1. The topological polar surface area (TPSA) is 70.2 Å². The smallest absolute Gasteiger partial charge is 0.244 e. The van der Waals surface area contributed by atoms with E-state index in [1.165, 1.54) is 0 Å². The monoisotopic (exact) mass is 251 g/mol. The first-order valence-corrected chi connectivity index (χ1v) is 6.18. The van der Waals surface area contributed by atoms with Crippen molar-refractivity contribution in [1.29, 1.82) is 0 Å². The number of aromatic nitrogens is 2. The summed E-state index contributed by atoms with van der Waals surface area (Å²) in [4.78, 5) is 22.1. The van der Waals surface area contributed by atoms with Gasteiger partial charge in [-0.05, 0) is 26.8 Å². The lowest BCUT2D eigenvalue weighted by atomic mass is 10.2. The zero-order valence-electron chi connectivity index (χ0n) is 11.4. The quantitative estimate of drug-likeness (QED) is 0.794. The predicted molar refractivity (Wildman–Crippen MR) is 72.6 cm³/mol. The molecule has 0 saturated heterocycles. The highest BCUT2D eigenvalue weighted by Gasteiger charge is 2.18. The van der Waals surface area contributed by atoms with Crippen LogP contribution in [0.3, 0.4) is 0 Å². The number of hydrogen-bond donors (Lipinski definition) is 2. The van der Waals surface area contributed by atoms with Gasteiger partial charge in [-0.1, -0.05) is 0 Å². The lowest BCUT2D eigenvalue weighted by Crippen LogP contribution is -2.41. The van der Waals surface area contributed by atoms with Crippen molar-refractivity contribution in [1.82, 2.24) is 14.9 Å². The molecule has 0 aliphatic carbocycles. The van der Waals surface area contributed by atoms with Crippen molar-refractivity contribution in [2.75, 3.05) is 30.8 Å². The molecular weight excluding hydrogens is 230 g/mol. The van der Waals surface area contributed by atoms with Crippen molar-refractivity contribution < 1.29 is 4.79 Å². The van der Waals surface area contributed by atoms with Crippen LogP contribution in [0, 0.1) is 0 Å². The van der Waals surface area contributed by atoms with Gasteiger partial charge in [-0.3, -0.25) is 4.79 Å². The molecule has 0 aliphatic heterocycles. The summed E-state index contributed by atoms with van der Waals surface area (Å²) in [7, 11) is 1.75. The van der Waals surface area contributed by atoms with Crippen LogP contribution in [0.25, 0.3) is 0 Å². The van der Waals surface area contributed by atoms with E-state index < -0.39 is 0 Å². The number of nitrogens with one attached hydrogen (secondary N) is 2. The van der Waals surface area contributed by atoms with Crippen molar-refractivity contribution in [3.63, 3.8) is 0 Å². The van der Waals surface area contributed by atoms with E-state index in [1.807, 2.05) is 20.8 Å². The molecule has 2 N–H and O–H groups in total. The third-order valence-electron chi connectivity index (χ3n) is 2.69. The first kappa shape index (κ1) is 14.2. The van der Waals surface area contributed by atoms with Crippen LogP contribution in [0.4, 0.5) is 11.8 Å². The van der Waals surface area contributed by atoms with Crippen molar-refractivity contribution in [3.8, 4) is 0 Å². The van der Waals surface area contributed by atoms with Crippen molar-refractivity contribution in [3.05, 3.63) is 12.3 Å². The Bertz CT molecular complexity index is 392. The van der Waals surface area contributed by atoms with Crippen LogP contribution < -0.4 is 10.6 Å². The van der Waals surface area contributed by atoms with Gasteiger partial charge in [-0.25, -0.2) is 4.98 Å². The summed E-state index contributed by atoms with van der Waals surface area (Å²) in [6.45, 7) is 7.21. The number of nitrogens with zero attached hydrogens (tertiary/aromatic N) is 3. The third-order valence-corrected chi connectivity index (χ3v) is 2.69. The molecule has 0 radical (unpaired) electrons. The van der Waals surface area contributed by atoms with E-state index >= 15 is 0 Å². The number of carbonyl (C=O) groups excluding carboxylic acids is 1. The lowest BCUT2D eigenvalue weighted by molar-refractivity contribution is -0.131. The molecule has 1 aromatic rings. The van der Waals surface area contributed by atoms with Gasteiger partial charge in [0.1, 0.15) is 11.9 Å². The average molecular weight is 251 g/mol. The molecule has 0 fully saturated rings. The van der Waals surface area contributed by atoms with E-state index in [4.69, 9.17) is 0 Å². The van der Waals surface area contributed by atoms with Crippen molar-refractivity contribution >= 4 is 17.7 Å². The van der Waals surface area contributed by atoms with Crippen molar-refractivity contribution in [2.24, 2.45) is 0 Å². The molecule has 1 unspecified atom stereocenters. The fourth-order valence-electron chi connectivity index (χ4n) is 1.65. The van der Waals surface area contributed by atoms with Gasteiger partial charge in [-0.2, -0.15) is 4.98 Å². The normalized spacial score (nSPS) is 11.8. The summed E-state index contributed by atoms with van der Waals surface area (Å²) in [6, 6.07) is 1.44. The summed E-state index contributed by atoms with van der Waals surface area (Å²) in [5.74, 6) is 1.24. The molecule has 0 bridgehead atoms. The second-order valence-corrected chi connectivity index (χ2v) is 3.89. The largest absolute Gasteiger partial charge is 0.358 e. The standard InChI is InChI=1S/C12H21N5O/c1-5-17(6-2)11(18)9(3)15-10-7-8-14-12(13-4)16-10/h7-9H,5-6H2,1-4H3,(H2,13,14,15,16). The minimum absolute atomic E-state index is 0.0737. The SMILES string of the molecule is CCN(CC)C(=O)C(C)Nc1ccnc(NC)n1. The average Bonchev–Trinajstić information content (AvgIpc) is 2.40. The maximum Gasteiger partial charge on any atom is 0.244 e. The highest BCUT2D eigenvalue weighted by molar-refractivity contribution is 5.84. The van der Waals surface area contributed by atoms with Gasteiger partial charge in [0, 0.05) is 26.3 Å². The highest BCUT2D eigenvalue weighted by atomic mass is 16.2. The molecule has 18 heavy (non-hydrogen) atoms. The molecule has 0 aromatic carbocycles. The Hall–Kier alpha value is -1.85. The maximum absolute atomic E-state index is 12.1. The molecule has 1 rings (SSSR count). The van der Waals surface area contributed by atoms with Crippen LogP contribution in [-0.2, 0) is 4.79 Å². The fraction of sp³-hybridized carbons (Fsp3) is 0.583. The van der Waals surface area contributed by atoms with Gasteiger partial charge in [0.05, 0.1) is 0 Å². The van der Waals surface area contributed by atoms with E-state index in [1.54, 1.807) is 24.2 Å². The molecule has 100 valence electrons. The summed E-state index contributed by atoms with van der Waals surface area (Å²) in [5.41, 5.74) is 0. The summed E-state index contributed by atoms with van der Waals surface area (Å²) in [6.07, 6.45) is 1.65. The van der Waals surface area contributed by atoms with Crippen LogP contribution >= 0.6 is 0 Å². The molecule has 0 aliphatic rings. The zero-order valence-corrected chi connectivity index (χ0v) is 11.4. The maximum atomic E-state index is 12.1. The molecule has 1 aromatic heterocycles. The van der Waals surface area contributed by atoms with Gasteiger partial charge >= 0.3 is 0 Å². The molecule has 6 nitrogen and oxygen atoms in total. The van der Waals surface area contributed by atoms with Crippen LogP contribution in [0.1, 0.15) is 20.8 Å². The van der Waals surface area contributed by atoms with E-state index in [2.05, 4.69) is 20.6 Å². The van der Waals surface area contributed by atoms with E-state index in [0.717, 1.165) is 0 Å². The number of amides is 1. The van der Waals surface area contributed by atoms with Gasteiger partial charge in [-0.15, -0.1) is 0 Å². The van der Waals surface area contributed by atoms with Crippen LogP contribution in [0.2, 0.25) is 0 Å². The highest BCUT2D eigenvalue weighted by Crippen LogP contribution is 2.08. The van der Waals surface area contributed by atoms with Crippen molar-refractivity contribution in [2.45, 2.75) is 26.8 Å². The molecule has 6 heteroatoms. The Labute approximate surface area is 108 Å². The summed E-state index contributed by atoms with van der Waals surface area (Å²) in [5, 5.41) is 5.94. The fourth-order valence-corrected chi connectivity index (χ4v) is 1.65. The minimum atomic E-state index is -0.301. The van der Waals surface area contributed by atoms with Gasteiger partial charge in [0.25, 0.3) is 0 Å². The summed E-state index contributed by atoms with van der Waals surface area (Å²) < 4.78 is 0. The molecule has 1 amide bonds. The molecule has 0 saturated carbocycles. The first-order chi connectivity index (χ1) is 8.62. The minimum Gasteiger partial charge on any atom is -0.358 e. The summed E-state index contributed by atoms with van der Waals surface area (Å²) >= 11 is 0. The molecule has 1 heterocycles. The third kappa shape index (κ3) is 3.58. The van der Waals surface area contributed by atoms with Crippen LogP contribution in [-0.4, -0.2) is 47.0 Å². The number of likely N-dealkylation sites (N-methyl/N-ethyl adjacent to an activating group) is 1. The second kappa shape index (κ2) is 6.78. The lowest BCUT2D eigenvalue weighted by Gasteiger charge is -2.23.